The van der Waals surface area contributed by atoms with Crippen LogP contribution in [0.4, 0.5) is 0 Å². The second-order valence-corrected chi connectivity index (χ2v) is 6.27. The third-order valence-corrected chi connectivity index (χ3v) is 5.45. The second-order valence-electron chi connectivity index (χ2n) is 3.94. The van der Waals surface area contributed by atoms with Gasteiger partial charge in [0.2, 0.25) is 0 Å². The predicted molar refractivity (Wildman–Crippen MR) is 61.5 cm³/mol. The molecule has 2 heterocycles. The summed E-state index contributed by atoms with van der Waals surface area (Å²) in [5.74, 6) is -1.83. The molecule has 2 bridgehead atoms. The Hall–Kier alpha value is -0.250. The molecule has 0 aromatic heterocycles. The van der Waals surface area contributed by atoms with Crippen molar-refractivity contribution in [1.82, 2.24) is 0 Å². The lowest BCUT2D eigenvalue weighted by Gasteiger charge is -2.32. The van der Waals surface area contributed by atoms with Gasteiger partial charge in [-0.2, -0.15) is 0 Å². The van der Waals surface area contributed by atoms with E-state index < -0.39 is 44.4 Å². The van der Waals surface area contributed by atoms with Crippen LogP contribution in [0, 0.1) is 16.0 Å². The highest BCUT2D eigenvalue weighted by molar-refractivity contribution is 9.10. The number of rotatable bonds is 2. The smallest absolute Gasteiger partial charge is 0.319 e. The minimum atomic E-state index is -1.84. The fourth-order valence-corrected chi connectivity index (χ4v) is 3.87. The van der Waals surface area contributed by atoms with Crippen molar-refractivity contribution in [1.29, 1.82) is 0 Å². The first kappa shape index (κ1) is 13.2. The maximum Gasteiger partial charge on any atom is 0.319 e. The van der Waals surface area contributed by atoms with E-state index in [2.05, 4.69) is 36.6 Å². The Kier molecular flexibility index (Phi) is 3.22. The van der Waals surface area contributed by atoms with Crippen molar-refractivity contribution in [2.75, 3.05) is 7.11 Å². The molecule has 1 N–H and O–H groups in total. The topological polar surface area (TPSA) is 98.9 Å². The molecule has 0 spiro atoms. The molecule has 7 nitrogen and oxygen atoms in total. The Balaban J connectivity index is 2.43. The zero-order valence-corrected chi connectivity index (χ0v) is 11.8. The van der Waals surface area contributed by atoms with Crippen LogP contribution in [0.3, 0.4) is 0 Å². The summed E-state index contributed by atoms with van der Waals surface area (Å²) in [7, 11) is 1.15. The van der Waals surface area contributed by atoms with Gasteiger partial charge in [-0.1, -0.05) is 15.9 Å². The van der Waals surface area contributed by atoms with E-state index in [0.29, 0.717) is 0 Å². The third-order valence-electron chi connectivity index (χ3n) is 3.15. The van der Waals surface area contributed by atoms with Gasteiger partial charge in [0, 0.05) is 20.9 Å². The number of carbonyl (C=O) groups is 1. The lowest BCUT2D eigenvalue weighted by molar-refractivity contribution is -0.548. The number of aliphatic hydroxyl groups is 1. The van der Waals surface area contributed by atoms with Crippen LogP contribution < -0.4 is 0 Å². The highest BCUT2D eigenvalue weighted by atomic mass is 79.9. The van der Waals surface area contributed by atoms with Crippen LogP contribution in [0.2, 0.25) is 0 Å². The predicted octanol–water partition coefficient (Wildman–Crippen LogP) is 0.0489. The van der Waals surface area contributed by atoms with Gasteiger partial charge in [-0.3, -0.25) is 14.9 Å². The summed E-state index contributed by atoms with van der Waals surface area (Å²) in [6, 6.07) is 0. The Morgan fingerprint density at radius 1 is 1.65 bits per heavy atom. The van der Waals surface area contributed by atoms with Gasteiger partial charge in [-0.25, -0.2) is 0 Å². The van der Waals surface area contributed by atoms with Crippen molar-refractivity contribution in [3.05, 3.63) is 10.1 Å². The van der Waals surface area contributed by atoms with E-state index in [9.17, 15) is 20.0 Å². The molecule has 0 aliphatic carbocycles. The Labute approximate surface area is 113 Å². The number of carbonyl (C=O) groups excluding carboxylic acids is 1. The number of hydrogen-bond acceptors (Lipinski definition) is 6. The van der Waals surface area contributed by atoms with Crippen LogP contribution >= 0.6 is 31.9 Å². The fourth-order valence-electron chi connectivity index (χ4n) is 2.33. The van der Waals surface area contributed by atoms with Gasteiger partial charge in [-0.05, 0) is 0 Å². The molecule has 0 aromatic rings. The summed E-state index contributed by atoms with van der Waals surface area (Å²) in [4.78, 5) is 21.6. The number of halogens is 2. The average Bonchev–Trinajstić information content (AvgIpc) is 2.74. The fraction of sp³-hybridized carbons (Fsp3) is 0.875. The normalized spacial score (nSPS) is 48.1. The van der Waals surface area contributed by atoms with Gasteiger partial charge < -0.3 is 14.6 Å². The molecule has 2 saturated heterocycles. The summed E-state index contributed by atoms with van der Waals surface area (Å²) in [6.07, 6.45) is -2.92. The molecule has 0 radical (unpaired) electrons. The third kappa shape index (κ3) is 1.56. The maximum atomic E-state index is 11.6. The molecule has 2 fully saturated rings. The molecule has 9 heteroatoms. The molecule has 0 aromatic carbocycles. The summed E-state index contributed by atoms with van der Waals surface area (Å²) in [5.41, 5.74) is 0. The van der Waals surface area contributed by atoms with E-state index in [1.54, 1.807) is 0 Å². The summed E-state index contributed by atoms with van der Waals surface area (Å²) >= 11 is 6.11. The van der Waals surface area contributed by atoms with Gasteiger partial charge in [0.15, 0.2) is 12.0 Å². The molecular formula is C8H9Br2NO6. The van der Waals surface area contributed by atoms with Crippen molar-refractivity contribution in [3.63, 3.8) is 0 Å². The first-order valence-electron chi connectivity index (χ1n) is 4.74. The lowest BCUT2D eigenvalue weighted by atomic mass is 9.83. The van der Waals surface area contributed by atoms with Gasteiger partial charge >= 0.3 is 10.4 Å². The summed E-state index contributed by atoms with van der Waals surface area (Å²) in [5, 5.41) is 20.9. The van der Waals surface area contributed by atoms with E-state index in [1.165, 1.54) is 0 Å². The number of fused-ring (bicyclic) bond motifs is 2. The van der Waals surface area contributed by atoms with Crippen molar-refractivity contribution >= 4 is 37.8 Å². The minimum Gasteiger partial charge on any atom is -0.468 e. The molecule has 96 valence electrons. The van der Waals surface area contributed by atoms with Crippen LogP contribution in [-0.2, 0) is 14.3 Å². The van der Waals surface area contributed by atoms with Crippen LogP contribution in [0.1, 0.15) is 0 Å². The number of methoxy groups -OCH3 is 1. The van der Waals surface area contributed by atoms with E-state index in [-0.39, 0.29) is 0 Å². The number of esters is 1. The molecule has 0 amide bonds. The van der Waals surface area contributed by atoms with E-state index in [1.807, 2.05) is 0 Å². The van der Waals surface area contributed by atoms with Crippen LogP contribution in [0.25, 0.3) is 0 Å². The number of ether oxygens (including phenoxy) is 2. The van der Waals surface area contributed by atoms with Gasteiger partial charge in [0.1, 0.15) is 6.10 Å². The van der Waals surface area contributed by atoms with E-state index in [4.69, 9.17) is 4.74 Å². The number of alkyl halides is 2. The van der Waals surface area contributed by atoms with Crippen molar-refractivity contribution in [2.24, 2.45) is 5.92 Å². The van der Waals surface area contributed by atoms with Crippen LogP contribution in [0.5, 0.6) is 0 Å². The lowest BCUT2D eigenvalue weighted by Crippen LogP contribution is -2.59. The van der Waals surface area contributed by atoms with Crippen molar-refractivity contribution in [2.45, 2.75) is 27.6 Å². The number of hydrogen-bond donors (Lipinski definition) is 1. The first-order valence-corrected chi connectivity index (χ1v) is 6.45. The molecular weight excluding hydrogens is 366 g/mol. The largest absolute Gasteiger partial charge is 0.468 e. The molecule has 2 aliphatic rings. The number of aliphatic hydroxyl groups excluding tert-OH is 1. The SMILES string of the molecule is COC(=O)[C@@H]1[C@@H]2O[C@@H]([C@H](O)[C@H]2Br)[C@@]1(Br)[N+](=O)[O-]. The van der Waals surface area contributed by atoms with Crippen LogP contribution in [-0.4, -0.2) is 50.7 Å². The van der Waals surface area contributed by atoms with Crippen molar-refractivity contribution in [3.8, 4) is 0 Å². The highest BCUT2D eigenvalue weighted by Gasteiger charge is 2.76. The maximum absolute atomic E-state index is 11.6. The number of nitro groups is 1. The highest BCUT2D eigenvalue weighted by Crippen LogP contribution is 2.53. The average molecular weight is 375 g/mol. The van der Waals surface area contributed by atoms with Gasteiger partial charge in [0.25, 0.3) is 0 Å². The van der Waals surface area contributed by atoms with Gasteiger partial charge in [-0.15, -0.1) is 0 Å². The Bertz CT molecular complexity index is 379. The first-order chi connectivity index (χ1) is 7.85. The molecule has 2 rings (SSSR count). The number of nitrogens with zero attached hydrogens (tertiary/aromatic N) is 1. The quantitative estimate of drug-likeness (QED) is 0.241. The van der Waals surface area contributed by atoms with Gasteiger partial charge in [0.05, 0.1) is 18.0 Å². The molecule has 17 heavy (non-hydrogen) atoms. The van der Waals surface area contributed by atoms with Crippen molar-refractivity contribution < 1.29 is 24.3 Å². The summed E-state index contributed by atoms with van der Waals surface area (Å²) in [6.45, 7) is 0. The van der Waals surface area contributed by atoms with Crippen LogP contribution in [0.15, 0.2) is 0 Å². The zero-order valence-electron chi connectivity index (χ0n) is 8.58. The molecule has 0 saturated carbocycles. The standard InChI is InChI=1S/C8H9Br2NO6/c1-16-7(13)2-5-3(9)4(12)6(17-5)8(2,10)11(14)15/h2-6,12H,1H3/t2-,3+,4+,5-,6-,8-/m0/s1. The Morgan fingerprint density at radius 3 is 2.71 bits per heavy atom. The molecule has 2 aliphatic heterocycles. The Morgan fingerprint density at radius 2 is 2.24 bits per heavy atom. The van der Waals surface area contributed by atoms with E-state index >= 15 is 0 Å². The molecule has 0 unspecified atom stereocenters. The second kappa shape index (κ2) is 4.15. The monoisotopic (exact) mass is 373 g/mol. The zero-order chi connectivity index (χ0) is 13.0. The van der Waals surface area contributed by atoms with E-state index in [0.717, 1.165) is 7.11 Å². The minimum absolute atomic E-state index is 0.526. The summed E-state index contributed by atoms with van der Waals surface area (Å²) < 4.78 is 8.04. The molecule has 6 atom stereocenters.